The molecule has 0 bridgehead atoms. The lowest BCUT2D eigenvalue weighted by molar-refractivity contribution is -0.204. The summed E-state index contributed by atoms with van der Waals surface area (Å²) in [4.78, 5) is 23.7. The average Bonchev–Trinajstić information content (AvgIpc) is 3.35. The van der Waals surface area contributed by atoms with Crippen LogP contribution in [0.5, 0.6) is 23.0 Å². The number of alkyl halides is 4. The summed E-state index contributed by atoms with van der Waals surface area (Å²) >= 11 is 0. The average molecular weight is 428 g/mol. The van der Waals surface area contributed by atoms with Crippen molar-refractivity contribution in [3.05, 3.63) is 36.4 Å². The van der Waals surface area contributed by atoms with E-state index in [-0.39, 0.29) is 36.5 Å². The molecule has 30 heavy (non-hydrogen) atoms. The van der Waals surface area contributed by atoms with Crippen molar-refractivity contribution in [2.75, 3.05) is 24.2 Å². The van der Waals surface area contributed by atoms with E-state index in [0.717, 1.165) is 24.3 Å². The molecule has 158 valence electrons. The smallest absolute Gasteiger partial charge is 0.396 e. The van der Waals surface area contributed by atoms with E-state index in [1.54, 1.807) is 10.6 Å². The summed E-state index contributed by atoms with van der Waals surface area (Å²) in [5.74, 6) is -14.6. The highest BCUT2D eigenvalue weighted by atomic mass is 19.3. The third kappa shape index (κ3) is 3.29. The molecule has 0 aliphatic carbocycles. The van der Waals surface area contributed by atoms with Gasteiger partial charge in [-0.05, 0) is 24.3 Å². The summed E-state index contributed by atoms with van der Waals surface area (Å²) in [6, 6.07) is 7.18. The Bertz CT molecular complexity index is 948. The number of fused-ring (bicyclic) bond motifs is 2. The zero-order valence-electron chi connectivity index (χ0n) is 14.8. The number of rotatable bonds is 5. The molecule has 0 aromatic heterocycles. The molecule has 2 aliphatic heterocycles. The van der Waals surface area contributed by atoms with E-state index in [1.165, 1.54) is 12.1 Å². The Labute approximate surface area is 165 Å². The fraction of sp³-hybridized carbons (Fsp3) is 0.222. The topological polar surface area (TPSA) is 95.1 Å². The van der Waals surface area contributed by atoms with Crippen LogP contribution in [-0.4, -0.2) is 37.2 Å². The molecular formula is C18H12F4N2O6. The van der Waals surface area contributed by atoms with Crippen molar-refractivity contribution in [1.82, 2.24) is 0 Å². The van der Waals surface area contributed by atoms with E-state index in [0.29, 0.717) is 11.5 Å². The summed E-state index contributed by atoms with van der Waals surface area (Å²) in [6.07, 6.45) is 0. The molecule has 2 amide bonds. The van der Waals surface area contributed by atoms with Crippen molar-refractivity contribution < 1.29 is 46.1 Å². The molecule has 4 rings (SSSR count). The van der Waals surface area contributed by atoms with E-state index >= 15 is 0 Å². The van der Waals surface area contributed by atoms with Crippen LogP contribution in [0.3, 0.4) is 0 Å². The Balaban J connectivity index is 1.48. The van der Waals surface area contributed by atoms with Gasteiger partial charge in [0.05, 0.1) is 0 Å². The number of benzene rings is 2. The second-order valence-electron chi connectivity index (χ2n) is 6.19. The monoisotopic (exact) mass is 428 g/mol. The number of hydrogen-bond donors (Lipinski definition) is 2. The molecule has 8 nitrogen and oxygen atoms in total. The number of amides is 2. The molecule has 0 saturated carbocycles. The first-order valence-corrected chi connectivity index (χ1v) is 8.36. The van der Waals surface area contributed by atoms with Gasteiger partial charge >= 0.3 is 23.7 Å². The van der Waals surface area contributed by atoms with Gasteiger partial charge in [0.2, 0.25) is 13.6 Å². The number of halogens is 4. The van der Waals surface area contributed by atoms with Crippen molar-refractivity contribution in [2.45, 2.75) is 11.8 Å². The lowest BCUT2D eigenvalue weighted by Crippen LogP contribution is -2.56. The van der Waals surface area contributed by atoms with Crippen molar-refractivity contribution in [3.63, 3.8) is 0 Å². The van der Waals surface area contributed by atoms with Crippen LogP contribution >= 0.6 is 0 Å². The Morgan fingerprint density at radius 3 is 1.43 bits per heavy atom. The summed E-state index contributed by atoms with van der Waals surface area (Å²) in [5, 5.41) is 3.30. The molecule has 2 aromatic carbocycles. The Morgan fingerprint density at radius 2 is 1.03 bits per heavy atom. The van der Waals surface area contributed by atoms with Gasteiger partial charge in [0, 0.05) is 23.5 Å². The SMILES string of the molecule is O=C(Nc1ccc2c(c1)OCO2)C(F)(F)C(F)(F)C(=O)Nc1ccc2c(c1)OCO2. The van der Waals surface area contributed by atoms with Crippen molar-refractivity contribution in [1.29, 1.82) is 0 Å². The second-order valence-corrected chi connectivity index (χ2v) is 6.19. The van der Waals surface area contributed by atoms with Crippen molar-refractivity contribution in [2.24, 2.45) is 0 Å². The Kier molecular flexibility index (Phi) is 4.56. The van der Waals surface area contributed by atoms with Gasteiger partial charge in [-0.1, -0.05) is 0 Å². The molecule has 12 heteroatoms. The highest BCUT2D eigenvalue weighted by Crippen LogP contribution is 2.39. The first-order valence-electron chi connectivity index (χ1n) is 8.36. The van der Waals surface area contributed by atoms with E-state index in [9.17, 15) is 27.2 Å². The Morgan fingerprint density at radius 1 is 0.667 bits per heavy atom. The maximum atomic E-state index is 14.2. The number of carbonyl (C=O) groups excluding carboxylic acids is 2. The summed E-state index contributed by atoms with van der Waals surface area (Å²) in [7, 11) is 0. The fourth-order valence-corrected chi connectivity index (χ4v) is 2.65. The zero-order chi connectivity index (χ0) is 21.5. The number of hydrogen-bond acceptors (Lipinski definition) is 6. The molecule has 0 unspecified atom stereocenters. The molecule has 2 aliphatic rings. The lowest BCUT2D eigenvalue weighted by atomic mass is 10.1. The lowest BCUT2D eigenvalue weighted by Gasteiger charge is -2.24. The van der Waals surface area contributed by atoms with Crippen LogP contribution in [0.1, 0.15) is 0 Å². The summed E-state index contributed by atoms with van der Waals surface area (Å²) < 4.78 is 76.9. The second kappa shape index (κ2) is 6.97. The molecule has 0 radical (unpaired) electrons. The van der Waals surface area contributed by atoms with Crippen molar-refractivity contribution in [3.8, 4) is 23.0 Å². The van der Waals surface area contributed by atoms with Gasteiger partial charge in [0.15, 0.2) is 23.0 Å². The first-order chi connectivity index (χ1) is 14.2. The number of anilines is 2. The predicted octanol–water partition coefficient (Wildman–Crippen LogP) is 2.99. The largest absolute Gasteiger partial charge is 0.454 e. The van der Waals surface area contributed by atoms with Gasteiger partial charge < -0.3 is 29.6 Å². The van der Waals surface area contributed by atoms with Crippen molar-refractivity contribution >= 4 is 23.2 Å². The maximum absolute atomic E-state index is 14.2. The molecule has 2 heterocycles. The van der Waals surface area contributed by atoms with Crippen LogP contribution < -0.4 is 29.6 Å². The fourth-order valence-electron chi connectivity index (χ4n) is 2.65. The molecule has 0 atom stereocenters. The van der Waals surface area contributed by atoms with Gasteiger partial charge in [-0.25, -0.2) is 0 Å². The minimum Gasteiger partial charge on any atom is -0.454 e. The Hall–Kier alpha value is -3.70. The summed E-state index contributed by atoms with van der Waals surface area (Å²) in [5.41, 5.74) is -0.480. The summed E-state index contributed by atoms with van der Waals surface area (Å²) in [6.45, 7) is -0.220. The normalized spacial score (nSPS) is 14.4. The van der Waals surface area contributed by atoms with E-state index < -0.39 is 23.7 Å². The molecule has 0 fully saturated rings. The van der Waals surface area contributed by atoms with Crippen LogP contribution in [0.4, 0.5) is 28.9 Å². The van der Waals surface area contributed by atoms with Crippen LogP contribution in [0.2, 0.25) is 0 Å². The van der Waals surface area contributed by atoms with Crippen LogP contribution in [0.15, 0.2) is 36.4 Å². The molecule has 2 aromatic rings. The van der Waals surface area contributed by atoms with Gasteiger partial charge in [-0.3, -0.25) is 9.59 Å². The third-order valence-corrected chi connectivity index (χ3v) is 4.23. The van der Waals surface area contributed by atoms with Crippen LogP contribution in [0, 0.1) is 0 Å². The number of nitrogens with one attached hydrogen (secondary N) is 2. The van der Waals surface area contributed by atoms with E-state index in [2.05, 4.69) is 0 Å². The third-order valence-electron chi connectivity index (χ3n) is 4.23. The minimum atomic E-state index is -5.36. The number of ether oxygens (including phenoxy) is 4. The molecular weight excluding hydrogens is 416 g/mol. The maximum Gasteiger partial charge on any atom is 0.396 e. The van der Waals surface area contributed by atoms with Gasteiger partial charge in [0.1, 0.15) is 0 Å². The molecule has 0 spiro atoms. The standard InChI is InChI=1S/C18H12F4N2O6/c19-17(20,15(25)23-9-1-3-11-13(5-9)29-7-27-11)18(21,22)16(26)24-10-2-4-12-14(6-10)30-8-28-12/h1-6H,7-8H2,(H,23,25)(H,24,26). The molecule has 2 N–H and O–H groups in total. The zero-order valence-corrected chi connectivity index (χ0v) is 14.8. The van der Waals surface area contributed by atoms with E-state index in [4.69, 9.17) is 18.9 Å². The minimum absolute atomic E-state index is 0.110. The highest BCUT2D eigenvalue weighted by molar-refractivity contribution is 6.05. The van der Waals surface area contributed by atoms with Crippen LogP contribution in [0.25, 0.3) is 0 Å². The highest BCUT2D eigenvalue weighted by Gasteiger charge is 2.67. The van der Waals surface area contributed by atoms with Gasteiger partial charge in [0.25, 0.3) is 0 Å². The van der Waals surface area contributed by atoms with Gasteiger partial charge in [-0.15, -0.1) is 0 Å². The molecule has 0 saturated heterocycles. The first kappa shape index (κ1) is 19.6. The van der Waals surface area contributed by atoms with Crippen LogP contribution in [-0.2, 0) is 9.59 Å². The van der Waals surface area contributed by atoms with Gasteiger partial charge in [-0.2, -0.15) is 17.6 Å². The quantitative estimate of drug-likeness (QED) is 0.712. The number of carbonyl (C=O) groups is 2. The predicted molar refractivity (Wildman–Crippen MR) is 92.3 cm³/mol. The van der Waals surface area contributed by atoms with E-state index in [1.807, 2.05) is 0 Å².